The van der Waals surface area contributed by atoms with Gasteiger partial charge >= 0.3 is 0 Å². The molecule has 0 radical (unpaired) electrons. The molecule has 4 heteroatoms. The van der Waals surface area contributed by atoms with E-state index in [2.05, 4.69) is 17.6 Å². The van der Waals surface area contributed by atoms with Gasteiger partial charge in [0.05, 0.1) is 12.6 Å². The van der Waals surface area contributed by atoms with E-state index in [1.165, 1.54) is 19.3 Å². The van der Waals surface area contributed by atoms with Crippen molar-refractivity contribution in [3.8, 4) is 0 Å². The molecule has 2 fully saturated rings. The lowest BCUT2D eigenvalue weighted by molar-refractivity contribution is -0.124. The minimum Gasteiger partial charge on any atom is -0.379 e. The molecule has 0 bridgehead atoms. The fourth-order valence-corrected chi connectivity index (χ4v) is 2.94. The van der Waals surface area contributed by atoms with Crippen molar-refractivity contribution < 1.29 is 9.53 Å². The summed E-state index contributed by atoms with van der Waals surface area (Å²) in [5.41, 5.74) is -0.0384. The van der Waals surface area contributed by atoms with Crippen molar-refractivity contribution in [3.05, 3.63) is 0 Å². The van der Waals surface area contributed by atoms with Crippen LogP contribution in [0.1, 0.15) is 52.4 Å². The molecule has 0 aromatic heterocycles. The zero-order chi connectivity index (χ0) is 13.0. The third-order valence-corrected chi connectivity index (χ3v) is 4.13. The summed E-state index contributed by atoms with van der Waals surface area (Å²) in [5, 5.41) is 6.58. The molecule has 1 amide bonds. The van der Waals surface area contributed by atoms with Gasteiger partial charge in [-0.3, -0.25) is 10.1 Å². The number of ether oxygens (including phenoxy) is 1. The highest BCUT2D eigenvalue weighted by molar-refractivity contribution is 5.81. The van der Waals surface area contributed by atoms with Crippen LogP contribution in [0.25, 0.3) is 0 Å². The molecule has 2 atom stereocenters. The van der Waals surface area contributed by atoms with E-state index in [1.54, 1.807) is 0 Å². The Morgan fingerprint density at radius 2 is 2.06 bits per heavy atom. The molecule has 104 valence electrons. The van der Waals surface area contributed by atoms with Crippen LogP contribution >= 0.6 is 0 Å². The molecular weight excluding hydrogens is 228 g/mol. The summed E-state index contributed by atoms with van der Waals surface area (Å²) >= 11 is 0. The molecule has 2 N–H and O–H groups in total. The minimum absolute atomic E-state index is 0.0384. The van der Waals surface area contributed by atoms with Gasteiger partial charge in [0.1, 0.15) is 0 Å². The molecule has 1 saturated heterocycles. The van der Waals surface area contributed by atoms with Crippen molar-refractivity contribution in [3.63, 3.8) is 0 Å². The van der Waals surface area contributed by atoms with Crippen molar-refractivity contribution in [1.82, 2.24) is 10.6 Å². The van der Waals surface area contributed by atoms with Gasteiger partial charge in [0.15, 0.2) is 0 Å². The average Bonchev–Trinajstić information content (AvgIpc) is 2.77. The third kappa shape index (κ3) is 3.69. The molecule has 18 heavy (non-hydrogen) atoms. The Kier molecular flexibility index (Phi) is 4.62. The smallest absolute Gasteiger partial charge is 0.237 e. The SMILES string of the molecule is CC(NC1(C)CCOC1)C(=O)NC1CCCCC1. The highest BCUT2D eigenvalue weighted by atomic mass is 16.5. The van der Waals surface area contributed by atoms with E-state index in [-0.39, 0.29) is 17.5 Å². The maximum absolute atomic E-state index is 12.1. The molecule has 1 aliphatic carbocycles. The standard InChI is InChI=1S/C14H26N2O2/c1-11(16-14(2)8-9-18-10-14)13(17)15-12-6-4-3-5-7-12/h11-12,16H,3-10H2,1-2H3,(H,15,17). The van der Waals surface area contributed by atoms with Gasteiger partial charge in [-0.1, -0.05) is 19.3 Å². The van der Waals surface area contributed by atoms with Crippen LogP contribution in [0.5, 0.6) is 0 Å². The van der Waals surface area contributed by atoms with Gasteiger partial charge in [-0.15, -0.1) is 0 Å². The van der Waals surface area contributed by atoms with Crippen molar-refractivity contribution in [2.75, 3.05) is 13.2 Å². The number of carbonyl (C=O) groups is 1. The van der Waals surface area contributed by atoms with E-state index in [4.69, 9.17) is 4.74 Å². The zero-order valence-electron chi connectivity index (χ0n) is 11.6. The summed E-state index contributed by atoms with van der Waals surface area (Å²) < 4.78 is 5.40. The first-order chi connectivity index (χ1) is 8.59. The number of hydrogen-bond donors (Lipinski definition) is 2. The Balaban J connectivity index is 1.77. The van der Waals surface area contributed by atoms with Gasteiger partial charge in [-0.05, 0) is 33.1 Å². The lowest BCUT2D eigenvalue weighted by Gasteiger charge is -2.30. The van der Waals surface area contributed by atoms with Crippen LogP contribution in [-0.4, -0.2) is 36.7 Å². The first-order valence-electron chi connectivity index (χ1n) is 7.25. The van der Waals surface area contributed by atoms with Crippen LogP contribution in [0.2, 0.25) is 0 Å². The van der Waals surface area contributed by atoms with Crippen molar-refractivity contribution in [1.29, 1.82) is 0 Å². The number of rotatable bonds is 4. The fraction of sp³-hybridized carbons (Fsp3) is 0.929. The van der Waals surface area contributed by atoms with Gasteiger partial charge < -0.3 is 10.1 Å². The molecule has 2 unspecified atom stereocenters. The highest BCUT2D eigenvalue weighted by Gasteiger charge is 2.32. The highest BCUT2D eigenvalue weighted by Crippen LogP contribution is 2.19. The Morgan fingerprint density at radius 1 is 1.33 bits per heavy atom. The summed E-state index contributed by atoms with van der Waals surface area (Å²) in [6.07, 6.45) is 7.07. The lowest BCUT2D eigenvalue weighted by Crippen LogP contribution is -2.54. The molecule has 1 saturated carbocycles. The van der Waals surface area contributed by atoms with Crippen molar-refractivity contribution in [2.24, 2.45) is 0 Å². The van der Waals surface area contributed by atoms with E-state index in [0.717, 1.165) is 25.9 Å². The molecule has 2 aliphatic rings. The number of amides is 1. The second-order valence-corrected chi connectivity index (χ2v) is 6.07. The molecule has 2 rings (SSSR count). The Morgan fingerprint density at radius 3 is 2.67 bits per heavy atom. The van der Waals surface area contributed by atoms with Gasteiger partial charge in [0.25, 0.3) is 0 Å². The van der Waals surface area contributed by atoms with Gasteiger partial charge in [-0.25, -0.2) is 0 Å². The quantitative estimate of drug-likeness (QED) is 0.801. The average molecular weight is 254 g/mol. The van der Waals surface area contributed by atoms with E-state index in [1.807, 2.05) is 6.92 Å². The van der Waals surface area contributed by atoms with Crippen LogP contribution < -0.4 is 10.6 Å². The summed E-state index contributed by atoms with van der Waals surface area (Å²) in [4.78, 5) is 12.1. The van der Waals surface area contributed by atoms with Gasteiger partial charge in [-0.2, -0.15) is 0 Å². The Bertz CT molecular complexity index is 282. The monoisotopic (exact) mass is 254 g/mol. The van der Waals surface area contributed by atoms with Crippen LogP contribution in [0.15, 0.2) is 0 Å². The first kappa shape index (κ1) is 13.8. The third-order valence-electron chi connectivity index (χ3n) is 4.13. The molecule has 0 spiro atoms. The molecule has 4 nitrogen and oxygen atoms in total. The van der Waals surface area contributed by atoms with Crippen molar-refractivity contribution in [2.45, 2.75) is 70.0 Å². The predicted molar refractivity (Wildman–Crippen MR) is 71.5 cm³/mol. The van der Waals surface area contributed by atoms with E-state index in [0.29, 0.717) is 12.6 Å². The summed E-state index contributed by atoms with van der Waals surface area (Å²) in [5.74, 6) is 0.134. The predicted octanol–water partition coefficient (Wildman–Crippen LogP) is 1.59. The zero-order valence-corrected chi connectivity index (χ0v) is 11.6. The van der Waals surface area contributed by atoms with E-state index >= 15 is 0 Å². The number of carbonyl (C=O) groups excluding carboxylic acids is 1. The van der Waals surface area contributed by atoms with Crippen LogP contribution in [0, 0.1) is 0 Å². The molecule has 0 aromatic rings. The van der Waals surface area contributed by atoms with E-state index in [9.17, 15) is 4.79 Å². The largest absolute Gasteiger partial charge is 0.379 e. The maximum Gasteiger partial charge on any atom is 0.237 e. The molecule has 0 aromatic carbocycles. The van der Waals surface area contributed by atoms with E-state index < -0.39 is 0 Å². The first-order valence-corrected chi connectivity index (χ1v) is 7.25. The van der Waals surface area contributed by atoms with Crippen LogP contribution in [-0.2, 0) is 9.53 Å². The lowest BCUT2D eigenvalue weighted by atomic mass is 9.95. The second-order valence-electron chi connectivity index (χ2n) is 6.07. The Hall–Kier alpha value is -0.610. The summed E-state index contributed by atoms with van der Waals surface area (Å²) in [7, 11) is 0. The van der Waals surface area contributed by atoms with Crippen molar-refractivity contribution >= 4 is 5.91 Å². The second kappa shape index (κ2) is 6.02. The molecular formula is C14H26N2O2. The number of nitrogens with one attached hydrogen (secondary N) is 2. The summed E-state index contributed by atoms with van der Waals surface area (Å²) in [6.45, 7) is 5.57. The maximum atomic E-state index is 12.1. The minimum atomic E-state index is -0.140. The topological polar surface area (TPSA) is 50.4 Å². The molecule has 1 aliphatic heterocycles. The van der Waals surface area contributed by atoms with Gasteiger partial charge in [0.2, 0.25) is 5.91 Å². The molecule has 1 heterocycles. The van der Waals surface area contributed by atoms with Gasteiger partial charge in [0, 0.05) is 18.2 Å². The summed E-state index contributed by atoms with van der Waals surface area (Å²) in [6, 6.07) is 0.252. The Labute approximate surface area is 110 Å². The van der Waals surface area contributed by atoms with Crippen LogP contribution in [0.3, 0.4) is 0 Å². The van der Waals surface area contributed by atoms with Crippen LogP contribution in [0.4, 0.5) is 0 Å². The fourth-order valence-electron chi connectivity index (χ4n) is 2.94. The normalized spacial score (nSPS) is 31.2. The number of hydrogen-bond acceptors (Lipinski definition) is 3.